The molecule has 0 aromatic rings. The van der Waals surface area contributed by atoms with Crippen molar-refractivity contribution in [2.24, 2.45) is 57.2 Å². The summed E-state index contributed by atoms with van der Waals surface area (Å²) >= 11 is 0. The van der Waals surface area contributed by atoms with E-state index in [0.717, 1.165) is 51.4 Å². The van der Waals surface area contributed by atoms with Gasteiger partial charge < -0.3 is 52.1 Å². The summed E-state index contributed by atoms with van der Waals surface area (Å²) in [5.41, 5.74) is -2.99. The predicted molar refractivity (Wildman–Crippen MR) is 219 cm³/mol. The van der Waals surface area contributed by atoms with Gasteiger partial charge >= 0.3 is 23.9 Å². The number of hydrogen-bond donors (Lipinski definition) is 0. The standard InChI is InChI=1S/C48H70O15/c1-25-15-37(57-29(5)51)47(23-53-27(3)49)33(11-9-13-45(47)21-55-45)43(25,7)35-17-31-19-39(62-41(31)59-35)61-40-20-32-18-36(60-42(32)63-40)44(8)26(2)16-38(58-30(6)52)48(24-54-28(4)50)34(44)12-10-14-46(48)22-56-46/h25-26,31-42H,9-24H2,1-8H3/t25-,26-,31-,32-,33-,34-,35+,36+,37+,38+,39-,40-,41+,42+,43+,44+,45+,46+,47+,48+/m0/s1. The van der Waals surface area contributed by atoms with Gasteiger partial charge in [0, 0.05) is 63.2 Å². The van der Waals surface area contributed by atoms with Gasteiger partial charge in [-0.1, -0.05) is 40.5 Å². The zero-order chi connectivity index (χ0) is 44.5. The fourth-order valence-corrected chi connectivity index (χ4v) is 15.9. The van der Waals surface area contributed by atoms with Gasteiger partial charge in [0.2, 0.25) is 0 Å². The molecule has 0 aromatic carbocycles. The van der Waals surface area contributed by atoms with Gasteiger partial charge in [0.05, 0.1) is 36.3 Å². The first kappa shape index (κ1) is 44.4. The van der Waals surface area contributed by atoms with Gasteiger partial charge in [-0.3, -0.25) is 19.2 Å². The van der Waals surface area contributed by atoms with Crippen LogP contribution in [0, 0.1) is 57.2 Å². The molecule has 6 saturated heterocycles. The second-order valence-electron chi connectivity index (χ2n) is 22.0. The van der Waals surface area contributed by atoms with Crippen LogP contribution in [0.2, 0.25) is 0 Å². The van der Waals surface area contributed by atoms with Crippen LogP contribution in [0.4, 0.5) is 0 Å². The molecule has 0 aromatic heterocycles. The van der Waals surface area contributed by atoms with Crippen molar-refractivity contribution in [2.75, 3.05) is 26.4 Å². The lowest BCUT2D eigenvalue weighted by Crippen LogP contribution is -2.69. The molecule has 0 N–H and O–H groups in total. The highest BCUT2D eigenvalue weighted by Gasteiger charge is 2.78. The van der Waals surface area contributed by atoms with Gasteiger partial charge in [-0.05, 0) is 75.0 Å². The van der Waals surface area contributed by atoms with Crippen molar-refractivity contribution >= 4 is 23.9 Å². The van der Waals surface area contributed by atoms with Gasteiger partial charge in [-0.2, -0.15) is 0 Å². The number of esters is 4. The number of epoxide rings is 2. The Balaban J connectivity index is 0.798. The average Bonchev–Trinajstić information content (AvgIpc) is 3.94. The Hall–Kier alpha value is -2.40. The first-order chi connectivity index (χ1) is 29.9. The van der Waals surface area contributed by atoms with Gasteiger partial charge in [-0.25, -0.2) is 0 Å². The monoisotopic (exact) mass is 886 g/mol. The lowest BCUT2D eigenvalue weighted by atomic mass is 9.42. The van der Waals surface area contributed by atoms with Gasteiger partial charge in [0.15, 0.2) is 25.2 Å². The Bertz CT molecular complexity index is 1670. The molecule has 0 amide bonds. The van der Waals surface area contributed by atoms with E-state index in [0.29, 0.717) is 38.9 Å². The number of rotatable bonds is 10. The summed E-state index contributed by atoms with van der Waals surface area (Å²) in [4.78, 5) is 49.8. The quantitative estimate of drug-likeness (QED) is 0.139. The van der Waals surface area contributed by atoms with E-state index in [1.165, 1.54) is 27.7 Å². The Morgan fingerprint density at radius 1 is 0.556 bits per heavy atom. The molecular weight excluding hydrogens is 817 g/mol. The third-order valence-corrected chi connectivity index (χ3v) is 19.3. The van der Waals surface area contributed by atoms with E-state index in [1.54, 1.807) is 0 Å². The molecule has 10 rings (SSSR count). The van der Waals surface area contributed by atoms with E-state index in [1.807, 2.05) is 0 Å². The van der Waals surface area contributed by atoms with E-state index >= 15 is 0 Å². The van der Waals surface area contributed by atoms with Gasteiger partial charge in [-0.15, -0.1) is 0 Å². The molecule has 0 radical (unpaired) electrons. The van der Waals surface area contributed by atoms with Crippen molar-refractivity contribution in [3.05, 3.63) is 0 Å². The van der Waals surface area contributed by atoms with Crippen LogP contribution in [0.15, 0.2) is 0 Å². The fraction of sp³-hybridized carbons (Fsp3) is 0.917. The summed E-state index contributed by atoms with van der Waals surface area (Å²) in [5, 5.41) is 0. The van der Waals surface area contributed by atoms with Gasteiger partial charge in [0.25, 0.3) is 0 Å². The van der Waals surface area contributed by atoms with E-state index in [-0.39, 0.29) is 95.6 Å². The number of carbonyl (C=O) groups excluding carboxylic acids is 4. The van der Waals surface area contributed by atoms with Crippen molar-refractivity contribution in [1.82, 2.24) is 0 Å². The highest BCUT2D eigenvalue weighted by molar-refractivity contribution is 5.67. The van der Waals surface area contributed by atoms with Crippen LogP contribution >= 0.6 is 0 Å². The number of fused-ring (bicyclic) bond motifs is 6. The van der Waals surface area contributed by atoms with E-state index in [9.17, 15) is 19.2 Å². The lowest BCUT2D eigenvalue weighted by Gasteiger charge is -2.64. The highest BCUT2D eigenvalue weighted by atomic mass is 16.8. The van der Waals surface area contributed by atoms with Crippen molar-refractivity contribution in [3.8, 4) is 0 Å². The van der Waals surface area contributed by atoms with E-state index in [4.69, 9.17) is 52.1 Å². The zero-order valence-corrected chi connectivity index (χ0v) is 38.5. The Morgan fingerprint density at radius 3 is 1.29 bits per heavy atom. The largest absolute Gasteiger partial charge is 0.465 e. The van der Waals surface area contributed by atoms with Crippen molar-refractivity contribution in [2.45, 2.75) is 193 Å². The maximum Gasteiger partial charge on any atom is 0.302 e. The summed E-state index contributed by atoms with van der Waals surface area (Å²) in [7, 11) is 0. The topological polar surface area (TPSA) is 176 Å². The van der Waals surface area contributed by atoms with E-state index < -0.39 is 59.4 Å². The molecule has 0 bridgehead atoms. The van der Waals surface area contributed by atoms with Crippen LogP contribution in [0.1, 0.15) is 132 Å². The average molecular weight is 887 g/mol. The van der Waals surface area contributed by atoms with Gasteiger partial charge in [0.1, 0.15) is 36.6 Å². The smallest absolute Gasteiger partial charge is 0.302 e. The summed E-state index contributed by atoms with van der Waals surface area (Å²) in [6, 6.07) is 0. The minimum absolute atomic E-state index is 0.0282. The molecule has 63 heavy (non-hydrogen) atoms. The molecule has 6 aliphatic heterocycles. The molecule has 20 atom stereocenters. The van der Waals surface area contributed by atoms with Crippen LogP contribution in [-0.2, 0) is 71.3 Å². The van der Waals surface area contributed by atoms with Crippen LogP contribution in [0.5, 0.6) is 0 Å². The van der Waals surface area contributed by atoms with E-state index in [2.05, 4.69) is 27.7 Å². The fourth-order valence-electron chi connectivity index (χ4n) is 15.9. The molecule has 6 heterocycles. The summed E-state index contributed by atoms with van der Waals surface area (Å²) < 4.78 is 70.2. The van der Waals surface area contributed by atoms with Crippen LogP contribution in [-0.4, -0.2) is 111 Å². The second-order valence-corrected chi connectivity index (χ2v) is 22.0. The third-order valence-electron chi connectivity index (χ3n) is 19.3. The Morgan fingerprint density at radius 2 is 0.952 bits per heavy atom. The molecule has 0 unspecified atom stereocenters. The van der Waals surface area contributed by atoms with Crippen molar-refractivity contribution in [1.29, 1.82) is 0 Å². The highest BCUT2D eigenvalue weighted by Crippen LogP contribution is 2.72. The summed E-state index contributed by atoms with van der Waals surface area (Å²) in [6.45, 7) is 16.3. The minimum Gasteiger partial charge on any atom is -0.465 e. The summed E-state index contributed by atoms with van der Waals surface area (Å²) in [5.74, 6) is -0.740. The predicted octanol–water partition coefficient (Wildman–Crippen LogP) is 6.15. The Labute approximate surface area is 371 Å². The second kappa shape index (κ2) is 15.6. The minimum atomic E-state index is -0.674. The van der Waals surface area contributed by atoms with Crippen LogP contribution in [0.25, 0.3) is 0 Å². The maximum absolute atomic E-state index is 12.6. The molecule has 15 heteroatoms. The molecule has 10 fully saturated rings. The number of ether oxygens (including phenoxy) is 11. The normalized spacial score (nSPS) is 52.6. The zero-order valence-electron chi connectivity index (χ0n) is 38.5. The number of hydrogen-bond acceptors (Lipinski definition) is 15. The van der Waals surface area contributed by atoms with Crippen molar-refractivity contribution < 1.29 is 71.3 Å². The third kappa shape index (κ3) is 6.72. The molecule has 4 saturated carbocycles. The molecule has 352 valence electrons. The summed E-state index contributed by atoms with van der Waals surface area (Å²) in [6.07, 6.45) is 6.79. The lowest BCUT2D eigenvalue weighted by molar-refractivity contribution is -0.300. The van der Waals surface area contributed by atoms with Crippen LogP contribution in [0.3, 0.4) is 0 Å². The first-order valence-electron chi connectivity index (χ1n) is 24.1. The molecule has 4 aliphatic carbocycles. The maximum atomic E-state index is 12.6. The van der Waals surface area contributed by atoms with Crippen LogP contribution < -0.4 is 0 Å². The molecule has 10 aliphatic rings. The first-order valence-corrected chi connectivity index (χ1v) is 24.1. The molecule has 15 nitrogen and oxygen atoms in total. The SMILES string of the molecule is CC(=O)OC[C@]12[C@H](OC(C)=O)C[C@H](C)[C@@](C)([C@H]3C[C@H]4C[C@@H](O[C@@H]5C[C@@H]6C[C@H]([C@]7(C)[C@@H](C)C[C@@H](OC(C)=O)[C@@]8(COC(C)=O)[C@H]7CCC[C@@]87CO7)O[C@@H]6O5)O[C@H]4O3)[C@@H]1CCC[C@@]21CO1. The molecule has 2 spiro atoms. The number of carbonyl (C=O) groups is 4. The molecular formula is C48H70O15. The Kier molecular flexibility index (Phi) is 11.0. The van der Waals surface area contributed by atoms with Crippen molar-refractivity contribution in [3.63, 3.8) is 0 Å².